The van der Waals surface area contributed by atoms with Gasteiger partial charge in [0, 0.05) is 17.2 Å². The van der Waals surface area contributed by atoms with E-state index in [0.717, 1.165) is 29.6 Å². The molecule has 110 valence electrons. The van der Waals surface area contributed by atoms with E-state index in [9.17, 15) is 4.79 Å². The Morgan fingerprint density at radius 2 is 2.25 bits per heavy atom. The third-order valence-corrected chi connectivity index (χ3v) is 3.67. The van der Waals surface area contributed by atoms with Crippen molar-refractivity contribution in [2.75, 3.05) is 6.54 Å². The predicted molar refractivity (Wildman–Crippen MR) is 81.2 cm³/mol. The molecular formula is C15H21BrN2O2. The lowest BCUT2D eigenvalue weighted by Crippen LogP contribution is -2.40. The minimum Gasteiger partial charge on any atom is -0.459 e. The van der Waals surface area contributed by atoms with Crippen molar-refractivity contribution in [3.05, 3.63) is 28.5 Å². The largest absolute Gasteiger partial charge is 0.459 e. The summed E-state index contributed by atoms with van der Waals surface area (Å²) in [4.78, 5) is 18.8. The summed E-state index contributed by atoms with van der Waals surface area (Å²) in [7, 11) is 0. The molecule has 2 heterocycles. The number of nitrogens with zero attached hydrogens (tertiary/aromatic N) is 2. The molecule has 0 N–H and O–H groups in total. The highest BCUT2D eigenvalue weighted by molar-refractivity contribution is 9.10. The summed E-state index contributed by atoms with van der Waals surface area (Å²) >= 11 is 3.38. The lowest BCUT2D eigenvalue weighted by atomic mass is 10.1. The van der Waals surface area contributed by atoms with E-state index in [1.165, 1.54) is 0 Å². The molecular weight excluding hydrogens is 320 g/mol. The van der Waals surface area contributed by atoms with Crippen molar-refractivity contribution in [1.29, 1.82) is 0 Å². The van der Waals surface area contributed by atoms with Gasteiger partial charge in [-0.3, -0.25) is 14.7 Å². The SMILES string of the molecule is CC(C)(C)OC(=O)[C@@H]1CCCN1Cc1ccc(Br)cn1. The zero-order valence-electron chi connectivity index (χ0n) is 12.2. The second-order valence-corrected chi connectivity index (χ2v) is 7.05. The van der Waals surface area contributed by atoms with Gasteiger partial charge in [-0.15, -0.1) is 0 Å². The molecule has 0 radical (unpaired) electrons. The third-order valence-electron chi connectivity index (χ3n) is 3.20. The Balaban J connectivity index is 2.00. The maximum atomic E-state index is 12.2. The third kappa shape index (κ3) is 4.28. The van der Waals surface area contributed by atoms with Gasteiger partial charge in [0.25, 0.3) is 0 Å². The summed E-state index contributed by atoms with van der Waals surface area (Å²) in [6, 6.07) is 3.81. The average Bonchev–Trinajstić information content (AvgIpc) is 2.78. The van der Waals surface area contributed by atoms with E-state index in [-0.39, 0.29) is 12.0 Å². The zero-order chi connectivity index (χ0) is 14.8. The summed E-state index contributed by atoms with van der Waals surface area (Å²) in [5.74, 6) is -0.118. The molecule has 1 aliphatic rings. The number of pyridine rings is 1. The van der Waals surface area contributed by atoms with Crippen molar-refractivity contribution in [3.63, 3.8) is 0 Å². The van der Waals surface area contributed by atoms with E-state index in [4.69, 9.17) is 4.74 Å². The second-order valence-electron chi connectivity index (χ2n) is 6.13. The maximum absolute atomic E-state index is 12.2. The van der Waals surface area contributed by atoms with E-state index < -0.39 is 5.60 Å². The first-order valence-electron chi connectivity index (χ1n) is 6.92. The van der Waals surface area contributed by atoms with Crippen molar-refractivity contribution in [1.82, 2.24) is 9.88 Å². The van der Waals surface area contributed by atoms with Crippen LogP contribution in [0.2, 0.25) is 0 Å². The van der Waals surface area contributed by atoms with Gasteiger partial charge in [0.15, 0.2) is 0 Å². The number of rotatable bonds is 3. The Labute approximate surface area is 128 Å². The smallest absolute Gasteiger partial charge is 0.323 e. The van der Waals surface area contributed by atoms with Crippen LogP contribution in [0.5, 0.6) is 0 Å². The van der Waals surface area contributed by atoms with Gasteiger partial charge in [-0.25, -0.2) is 0 Å². The van der Waals surface area contributed by atoms with Gasteiger partial charge in [0.05, 0.1) is 5.69 Å². The van der Waals surface area contributed by atoms with E-state index in [1.54, 1.807) is 6.20 Å². The second kappa shape index (κ2) is 6.22. The van der Waals surface area contributed by atoms with Crippen LogP contribution in [-0.4, -0.2) is 34.0 Å². The van der Waals surface area contributed by atoms with Crippen LogP contribution in [0, 0.1) is 0 Å². The highest BCUT2D eigenvalue weighted by Crippen LogP contribution is 2.23. The maximum Gasteiger partial charge on any atom is 0.323 e. The van der Waals surface area contributed by atoms with Gasteiger partial charge in [-0.05, 0) is 68.2 Å². The number of hydrogen-bond donors (Lipinski definition) is 0. The number of aromatic nitrogens is 1. The molecule has 1 saturated heterocycles. The number of halogens is 1. The lowest BCUT2D eigenvalue weighted by molar-refractivity contribution is -0.160. The molecule has 1 aliphatic heterocycles. The highest BCUT2D eigenvalue weighted by Gasteiger charge is 2.34. The Hall–Kier alpha value is -0.940. The molecule has 0 spiro atoms. The number of carbonyl (C=O) groups is 1. The van der Waals surface area contributed by atoms with E-state index in [0.29, 0.717) is 6.54 Å². The Bertz CT molecular complexity index is 468. The molecule has 0 amide bonds. The fourth-order valence-corrected chi connectivity index (χ4v) is 2.59. The van der Waals surface area contributed by atoms with Crippen LogP contribution < -0.4 is 0 Å². The van der Waals surface area contributed by atoms with Crippen molar-refractivity contribution >= 4 is 21.9 Å². The molecule has 0 bridgehead atoms. The van der Waals surface area contributed by atoms with Gasteiger partial charge < -0.3 is 4.74 Å². The fourth-order valence-electron chi connectivity index (χ4n) is 2.36. The number of carbonyl (C=O) groups excluding carboxylic acids is 1. The van der Waals surface area contributed by atoms with Gasteiger partial charge in [0.2, 0.25) is 0 Å². The summed E-state index contributed by atoms with van der Waals surface area (Å²) in [5.41, 5.74) is 0.546. The van der Waals surface area contributed by atoms with Gasteiger partial charge >= 0.3 is 5.97 Å². The fraction of sp³-hybridized carbons (Fsp3) is 0.600. The zero-order valence-corrected chi connectivity index (χ0v) is 13.8. The summed E-state index contributed by atoms with van der Waals surface area (Å²) in [6.45, 7) is 7.32. The minimum atomic E-state index is -0.429. The van der Waals surface area contributed by atoms with E-state index in [1.807, 2.05) is 32.9 Å². The molecule has 0 aliphatic carbocycles. The molecule has 5 heteroatoms. The number of esters is 1. The van der Waals surface area contributed by atoms with Crippen LogP contribution in [0.1, 0.15) is 39.3 Å². The highest BCUT2D eigenvalue weighted by atomic mass is 79.9. The Kier molecular flexibility index (Phi) is 4.81. The molecule has 1 aromatic rings. The van der Waals surface area contributed by atoms with Gasteiger partial charge in [0.1, 0.15) is 11.6 Å². The van der Waals surface area contributed by atoms with Crippen molar-refractivity contribution in [2.24, 2.45) is 0 Å². The van der Waals surface area contributed by atoms with Crippen molar-refractivity contribution < 1.29 is 9.53 Å². The Morgan fingerprint density at radius 1 is 1.50 bits per heavy atom. The van der Waals surface area contributed by atoms with Gasteiger partial charge in [-0.1, -0.05) is 0 Å². The Morgan fingerprint density at radius 3 is 2.85 bits per heavy atom. The molecule has 1 fully saturated rings. The number of likely N-dealkylation sites (tertiary alicyclic amines) is 1. The molecule has 20 heavy (non-hydrogen) atoms. The topological polar surface area (TPSA) is 42.4 Å². The molecule has 2 rings (SSSR count). The van der Waals surface area contributed by atoms with Crippen LogP contribution in [0.15, 0.2) is 22.8 Å². The minimum absolute atomic E-state index is 0.118. The summed E-state index contributed by atoms with van der Waals surface area (Å²) in [6.07, 6.45) is 3.68. The lowest BCUT2D eigenvalue weighted by Gasteiger charge is -2.27. The first-order chi connectivity index (χ1) is 9.35. The molecule has 1 aromatic heterocycles. The van der Waals surface area contributed by atoms with Gasteiger partial charge in [-0.2, -0.15) is 0 Å². The quantitative estimate of drug-likeness (QED) is 0.792. The normalized spacial score (nSPS) is 20.1. The van der Waals surface area contributed by atoms with Crippen molar-refractivity contribution in [3.8, 4) is 0 Å². The first kappa shape index (κ1) is 15.4. The molecule has 0 unspecified atom stereocenters. The molecule has 0 saturated carbocycles. The summed E-state index contributed by atoms with van der Waals surface area (Å²) < 4.78 is 6.46. The van der Waals surface area contributed by atoms with E-state index >= 15 is 0 Å². The molecule has 0 aromatic carbocycles. The van der Waals surface area contributed by atoms with Crippen molar-refractivity contribution in [2.45, 2.75) is 51.8 Å². The van der Waals surface area contributed by atoms with Crippen LogP contribution in [-0.2, 0) is 16.1 Å². The standard InChI is InChI=1S/C15H21BrN2O2/c1-15(2,3)20-14(19)13-5-4-8-18(13)10-12-7-6-11(16)9-17-12/h6-7,9,13H,4-5,8,10H2,1-3H3/t13-/m0/s1. The van der Waals surface area contributed by atoms with Crippen LogP contribution in [0.25, 0.3) is 0 Å². The predicted octanol–water partition coefficient (Wildman–Crippen LogP) is 3.15. The summed E-state index contributed by atoms with van der Waals surface area (Å²) in [5, 5.41) is 0. The monoisotopic (exact) mass is 340 g/mol. The number of ether oxygens (including phenoxy) is 1. The molecule has 1 atom stereocenters. The van der Waals surface area contributed by atoms with Crippen LogP contribution in [0.3, 0.4) is 0 Å². The molecule has 4 nitrogen and oxygen atoms in total. The number of hydrogen-bond acceptors (Lipinski definition) is 4. The average molecular weight is 341 g/mol. The van der Waals surface area contributed by atoms with E-state index in [2.05, 4.69) is 25.8 Å². The van der Waals surface area contributed by atoms with Crippen LogP contribution >= 0.6 is 15.9 Å². The van der Waals surface area contributed by atoms with Crippen LogP contribution in [0.4, 0.5) is 0 Å². The first-order valence-corrected chi connectivity index (χ1v) is 7.72.